The summed E-state index contributed by atoms with van der Waals surface area (Å²) < 4.78 is 53.1. The molecule has 9 heteroatoms. The van der Waals surface area contributed by atoms with Gasteiger partial charge < -0.3 is 19.3 Å². The van der Waals surface area contributed by atoms with E-state index in [2.05, 4.69) is 0 Å². The number of ether oxygens (including phenoxy) is 3. The summed E-state index contributed by atoms with van der Waals surface area (Å²) in [7, 11) is -2.06. The number of methoxy groups -OCH3 is 1. The first-order valence-corrected chi connectivity index (χ1v) is 9.70. The van der Waals surface area contributed by atoms with Gasteiger partial charge in [0.2, 0.25) is 0 Å². The minimum absolute atomic E-state index is 0.0283. The largest absolute Gasteiger partial charge is 0.488 e. The highest BCUT2D eigenvalue weighted by molar-refractivity contribution is 7.90. The first-order chi connectivity index (χ1) is 12.6. The molecule has 0 fully saturated rings. The lowest BCUT2D eigenvalue weighted by molar-refractivity contribution is 0.0693. The molecule has 2 aromatic carbocycles. The third-order valence-electron chi connectivity index (χ3n) is 3.42. The van der Waals surface area contributed by atoms with E-state index in [-0.39, 0.29) is 40.4 Å². The lowest BCUT2D eigenvalue weighted by atomic mass is 10.2. The zero-order valence-corrected chi connectivity index (χ0v) is 15.7. The number of carboxylic acid groups (broad SMARTS) is 1. The highest BCUT2D eigenvalue weighted by Gasteiger charge is 2.15. The van der Waals surface area contributed by atoms with Crippen molar-refractivity contribution < 1.29 is 36.9 Å². The Kier molecular flexibility index (Phi) is 6.40. The van der Waals surface area contributed by atoms with E-state index in [1.165, 1.54) is 31.4 Å². The summed E-state index contributed by atoms with van der Waals surface area (Å²) in [6.07, 6.45) is 0.612. The average molecular weight is 398 g/mol. The van der Waals surface area contributed by atoms with Gasteiger partial charge in [0.15, 0.2) is 21.4 Å². The van der Waals surface area contributed by atoms with Gasteiger partial charge in [-0.1, -0.05) is 0 Å². The van der Waals surface area contributed by atoms with Crippen LogP contribution in [0.5, 0.6) is 17.2 Å². The lowest BCUT2D eigenvalue weighted by Crippen LogP contribution is -2.18. The number of aromatic carboxylic acids is 1. The van der Waals surface area contributed by atoms with Crippen molar-refractivity contribution in [3.05, 3.63) is 47.8 Å². The van der Waals surface area contributed by atoms with Gasteiger partial charge in [0.25, 0.3) is 0 Å². The quantitative estimate of drug-likeness (QED) is 0.729. The molecule has 0 aliphatic rings. The van der Waals surface area contributed by atoms with Crippen LogP contribution in [0, 0.1) is 5.82 Å². The number of carbonyl (C=O) groups is 1. The van der Waals surface area contributed by atoms with Gasteiger partial charge in [-0.3, -0.25) is 0 Å². The summed E-state index contributed by atoms with van der Waals surface area (Å²) >= 11 is 0. The highest BCUT2D eigenvalue weighted by Crippen LogP contribution is 2.30. The Morgan fingerprint density at radius 3 is 2.41 bits per heavy atom. The molecule has 27 heavy (non-hydrogen) atoms. The molecule has 0 aromatic heterocycles. The molecule has 0 spiro atoms. The van der Waals surface area contributed by atoms with Crippen molar-refractivity contribution in [1.82, 2.24) is 0 Å². The number of benzene rings is 2. The van der Waals surface area contributed by atoms with Gasteiger partial charge in [-0.05, 0) is 37.3 Å². The van der Waals surface area contributed by atoms with Crippen molar-refractivity contribution in [2.45, 2.75) is 17.9 Å². The Balaban J connectivity index is 2.35. The van der Waals surface area contributed by atoms with Gasteiger partial charge >= 0.3 is 5.97 Å². The number of hydrogen-bond acceptors (Lipinski definition) is 6. The van der Waals surface area contributed by atoms with E-state index in [1.807, 2.05) is 0 Å². The molecule has 0 aliphatic heterocycles. The molecule has 2 aromatic rings. The van der Waals surface area contributed by atoms with Gasteiger partial charge in [0, 0.05) is 19.4 Å². The predicted molar refractivity (Wildman–Crippen MR) is 95.0 cm³/mol. The van der Waals surface area contributed by atoms with Crippen molar-refractivity contribution in [2.24, 2.45) is 0 Å². The van der Waals surface area contributed by atoms with Crippen molar-refractivity contribution >= 4 is 15.8 Å². The molecule has 2 rings (SSSR count). The molecule has 1 atom stereocenters. The van der Waals surface area contributed by atoms with Crippen LogP contribution in [0.2, 0.25) is 0 Å². The van der Waals surface area contributed by atoms with Crippen LogP contribution in [0.15, 0.2) is 41.3 Å². The summed E-state index contributed by atoms with van der Waals surface area (Å²) in [5.74, 6) is -2.12. The fourth-order valence-corrected chi connectivity index (χ4v) is 2.88. The van der Waals surface area contributed by atoms with E-state index in [0.29, 0.717) is 0 Å². The number of rotatable bonds is 8. The second-order valence-electron chi connectivity index (χ2n) is 5.85. The zero-order chi connectivity index (χ0) is 20.2. The van der Waals surface area contributed by atoms with E-state index in [9.17, 15) is 22.7 Å². The van der Waals surface area contributed by atoms with Gasteiger partial charge in [-0.25, -0.2) is 17.6 Å². The average Bonchev–Trinajstić information content (AvgIpc) is 2.55. The molecule has 0 unspecified atom stereocenters. The number of hydrogen-bond donors (Lipinski definition) is 1. The third-order valence-corrected chi connectivity index (χ3v) is 4.54. The summed E-state index contributed by atoms with van der Waals surface area (Å²) in [6.45, 7) is 2.02. The van der Waals surface area contributed by atoms with Crippen LogP contribution in [0.1, 0.15) is 17.3 Å². The Morgan fingerprint density at radius 2 is 1.85 bits per heavy atom. The molecule has 0 saturated carbocycles. The van der Waals surface area contributed by atoms with Crippen LogP contribution in [0.4, 0.5) is 4.39 Å². The van der Waals surface area contributed by atoms with E-state index in [4.69, 9.17) is 14.2 Å². The topological polar surface area (TPSA) is 99.1 Å². The first-order valence-electron chi connectivity index (χ1n) is 7.81. The van der Waals surface area contributed by atoms with Crippen LogP contribution in [0.3, 0.4) is 0 Å². The van der Waals surface area contributed by atoms with Crippen molar-refractivity contribution in [2.75, 3.05) is 20.0 Å². The van der Waals surface area contributed by atoms with Crippen LogP contribution < -0.4 is 9.47 Å². The minimum Gasteiger partial charge on any atom is -0.488 e. The van der Waals surface area contributed by atoms with Gasteiger partial charge in [-0.15, -0.1) is 0 Å². The van der Waals surface area contributed by atoms with Crippen LogP contribution in [-0.2, 0) is 14.6 Å². The van der Waals surface area contributed by atoms with Crippen LogP contribution in [0.25, 0.3) is 0 Å². The summed E-state index contributed by atoms with van der Waals surface area (Å²) in [4.78, 5) is 11.1. The first kappa shape index (κ1) is 20.7. The predicted octanol–water partition coefficient (Wildman–Crippen LogP) is 3.13. The van der Waals surface area contributed by atoms with Crippen LogP contribution >= 0.6 is 0 Å². The van der Waals surface area contributed by atoms with Crippen molar-refractivity contribution in [3.63, 3.8) is 0 Å². The van der Waals surface area contributed by atoms with Gasteiger partial charge in [0.1, 0.15) is 17.6 Å². The van der Waals surface area contributed by atoms with Crippen molar-refractivity contribution in [3.8, 4) is 17.2 Å². The standard InChI is InChI=1S/C18H19FO7S/c1-11(10-24-2)25-13-6-12(18(20)21)7-14(8-13)26-17-5-4-15(9-16(17)19)27(3,22)23/h4-9,11H,10H2,1-3H3,(H,20,21)/t11-/m0/s1. The summed E-state index contributed by atoms with van der Waals surface area (Å²) in [6, 6.07) is 7.12. The number of halogens is 1. The maximum absolute atomic E-state index is 14.2. The van der Waals surface area contributed by atoms with E-state index < -0.39 is 21.6 Å². The number of sulfone groups is 1. The SMILES string of the molecule is COC[C@H](C)Oc1cc(Oc2ccc(S(C)(=O)=O)cc2F)cc(C(=O)O)c1. The molecule has 7 nitrogen and oxygen atoms in total. The molecule has 146 valence electrons. The molecule has 0 amide bonds. The fourth-order valence-electron chi connectivity index (χ4n) is 2.25. The highest BCUT2D eigenvalue weighted by atomic mass is 32.2. The van der Waals surface area contributed by atoms with E-state index >= 15 is 0 Å². The smallest absolute Gasteiger partial charge is 0.335 e. The summed E-state index contributed by atoms with van der Waals surface area (Å²) in [5, 5.41) is 9.24. The zero-order valence-electron chi connectivity index (χ0n) is 14.9. The van der Waals surface area contributed by atoms with Crippen LogP contribution in [-0.4, -0.2) is 45.6 Å². The van der Waals surface area contributed by atoms with Gasteiger partial charge in [-0.2, -0.15) is 0 Å². The second-order valence-corrected chi connectivity index (χ2v) is 7.86. The fraction of sp³-hybridized carbons (Fsp3) is 0.278. The summed E-state index contributed by atoms with van der Waals surface area (Å²) in [5.41, 5.74) is -0.111. The normalized spacial score (nSPS) is 12.4. The maximum Gasteiger partial charge on any atom is 0.335 e. The molecule has 0 radical (unpaired) electrons. The van der Waals surface area contributed by atoms with E-state index in [1.54, 1.807) is 6.92 Å². The molecule has 1 N–H and O–H groups in total. The Hall–Kier alpha value is -2.65. The Labute approximate surface area is 156 Å². The monoisotopic (exact) mass is 398 g/mol. The maximum atomic E-state index is 14.2. The second kappa shape index (κ2) is 8.36. The number of carboxylic acids is 1. The van der Waals surface area contributed by atoms with Gasteiger partial charge in [0.05, 0.1) is 17.1 Å². The molecule has 0 heterocycles. The third kappa shape index (κ3) is 5.66. The Bertz CT molecular complexity index is 941. The van der Waals surface area contributed by atoms with E-state index in [0.717, 1.165) is 18.4 Å². The molecule has 0 saturated heterocycles. The lowest BCUT2D eigenvalue weighted by Gasteiger charge is -2.16. The van der Waals surface area contributed by atoms with Crippen molar-refractivity contribution in [1.29, 1.82) is 0 Å². The molecular formula is C18H19FO7S. The molecule has 0 aliphatic carbocycles. The molecule has 0 bridgehead atoms. The Morgan fingerprint density at radius 1 is 1.19 bits per heavy atom. The minimum atomic E-state index is -3.56. The molecular weight excluding hydrogens is 379 g/mol.